The van der Waals surface area contributed by atoms with Crippen molar-refractivity contribution in [2.24, 2.45) is 7.05 Å². The summed E-state index contributed by atoms with van der Waals surface area (Å²) in [4.78, 5) is 0. The lowest BCUT2D eigenvalue weighted by molar-refractivity contribution is 0.440. The molecule has 1 saturated carbocycles. The number of rotatable bonds is 4. The van der Waals surface area contributed by atoms with Crippen LogP contribution in [-0.2, 0) is 13.5 Å². The van der Waals surface area contributed by atoms with Gasteiger partial charge < -0.3 is 5.32 Å². The van der Waals surface area contributed by atoms with Gasteiger partial charge in [0.1, 0.15) is 0 Å². The van der Waals surface area contributed by atoms with Crippen LogP contribution in [0.2, 0.25) is 0 Å². The summed E-state index contributed by atoms with van der Waals surface area (Å²) in [5.41, 5.74) is 2.94. The van der Waals surface area contributed by atoms with E-state index >= 15 is 0 Å². The first-order chi connectivity index (χ1) is 7.83. The molecule has 0 unspecified atom stereocenters. The summed E-state index contributed by atoms with van der Waals surface area (Å²) in [5, 5.41) is 7.66. The minimum atomic E-state index is 0.773. The number of aryl methyl sites for hydroxylation is 1. The van der Waals surface area contributed by atoms with E-state index in [-0.39, 0.29) is 0 Å². The Labute approximate surface area is 98.2 Å². The zero-order valence-electron chi connectivity index (χ0n) is 10.5. The Morgan fingerprint density at radius 3 is 2.81 bits per heavy atom. The minimum absolute atomic E-state index is 0.773. The van der Waals surface area contributed by atoms with Gasteiger partial charge in [0.05, 0.1) is 6.20 Å². The van der Waals surface area contributed by atoms with Gasteiger partial charge in [0.15, 0.2) is 0 Å². The molecule has 0 saturated heterocycles. The smallest absolute Gasteiger partial charge is 0.0527 e. The third-order valence-electron chi connectivity index (χ3n) is 3.75. The van der Waals surface area contributed by atoms with Crippen LogP contribution in [-0.4, -0.2) is 23.4 Å². The Balaban J connectivity index is 2.12. The fourth-order valence-electron chi connectivity index (χ4n) is 2.78. The lowest BCUT2D eigenvalue weighted by atomic mass is 9.84. The summed E-state index contributed by atoms with van der Waals surface area (Å²) in [6, 6.07) is 0. The zero-order valence-corrected chi connectivity index (χ0v) is 10.5. The molecule has 0 spiro atoms. The first-order valence-electron chi connectivity index (χ1n) is 6.48. The fraction of sp³-hybridized carbons (Fsp3) is 0.769. The van der Waals surface area contributed by atoms with Gasteiger partial charge in [-0.1, -0.05) is 19.3 Å². The van der Waals surface area contributed by atoms with Crippen LogP contribution in [0.4, 0.5) is 0 Å². The maximum absolute atomic E-state index is 4.43. The van der Waals surface area contributed by atoms with E-state index in [1.807, 2.05) is 7.05 Å². The molecule has 1 aromatic heterocycles. The van der Waals surface area contributed by atoms with Crippen LogP contribution in [0.1, 0.15) is 49.3 Å². The molecule has 1 heterocycles. The molecular weight excluding hydrogens is 198 g/mol. The van der Waals surface area contributed by atoms with Crippen LogP contribution >= 0.6 is 0 Å². The number of aromatic nitrogens is 2. The average molecular weight is 221 g/mol. The standard InChI is InChI=1S/C13H23N3/c1-14-9-8-13-12(10-15-16(13)2)11-6-4-3-5-7-11/h10-11,14H,3-9H2,1-2H3. The summed E-state index contributed by atoms with van der Waals surface area (Å²) in [6.45, 7) is 1.04. The number of hydrogen-bond donors (Lipinski definition) is 1. The van der Waals surface area contributed by atoms with Gasteiger partial charge in [0.25, 0.3) is 0 Å². The number of likely N-dealkylation sites (N-methyl/N-ethyl adjacent to an activating group) is 1. The molecule has 1 aromatic rings. The topological polar surface area (TPSA) is 29.9 Å². The second kappa shape index (κ2) is 5.48. The van der Waals surface area contributed by atoms with Crippen molar-refractivity contribution in [1.82, 2.24) is 15.1 Å². The van der Waals surface area contributed by atoms with Crippen LogP contribution in [0.3, 0.4) is 0 Å². The molecule has 90 valence electrons. The van der Waals surface area contributed by atoms with Crippen molar-refractivity contribution in [3.05, 3.63) is 17.5 Å². The van der Waals surface area contributed by atoms with Crippen molar-refractivity contribution >= 4 is 0 Å². The molecule has 0 aliphatic heterocycles. The SMILES string of the molecule is CNCCc1c(C2CCCCC2)cnn1C. The normalized spacial score (nSPS) is 17.9. The highest BCUT2D eigenvalue weighted by molar-refractivity contribution is 5.23. The molecule has 0 bridgehead atoms. The summed E-state index contributed by atoms with van der Waals surface area (Å²) in [6.07, 6.45) is 10.1. The Kier molecular flexibility index (Phi) is 3.99. The largest absolute Gasteiger partial charge is 0.319 e. The van der Waals surface area contributed by atoms with Gasteiger partial charge >= 0.3 is 0 Å². The van der Waals surface area contributed by atoms with E-state index in [9.17, 15) is 0 Å². The van der Waals surface area contributed by atoms with E-state index < -0.39 is 0 Å². The predicted octanol–water partition coefficient (Wildman–Crippen LogP) is 2.23. The van der Waals surface area contributed by atoms with Crippen LogP contribution in [0.25, 0.3) is 0 Å². The van der Waals surface area contributed by atoms with E-state index in [2.05, 4.69) is 28.3 Å². The average Bonchev–Trinajstić information content (AvgIpc) is 2.69. The summed E-state index contributed by atoms with van der Waals surface area (Å²) in [7, 11) is 4.08. The van der Waals surface area contributed by atoms with E-state index in [0.29, 0.717) is 0 Å². The molecule has 1 aliphatic carbocycles. The molecule has 3 nitrogen and oxygen atoms in total. The molecule has 1 aliphatic rings. The van der Waals surface area contributed by atoms with Gasteiger partial charge in [0.2, 0.25) is 0 Å². The number of nitrogens with one attached hydrogen (secondary N) is 1. The van der Waals surface area contributed by atoms with Crippen molar-refractivity contribution < 1.29 is 0 Å². The van der Waals surface area contributed by atoms with Crippen molar-refractivity contribution in [3.8, 4) is 0 Å². The molecule has 0 radical (unpaired) electrons. The third-order valence-corrected chi connectivity index (χ3v) is 3.75. The maximum atomic E-state index is 4.43. The van der Waals surface area contributed by atoms with E-state index in [1.165, 1.54) is 43.4 Å². The second-order valence-corrected chi connectivity index (χ2v) is 4.86. The highest BCUT2D eigenvalue weighted by Gasteiger charge is 2.20. The Bertz CT molecular complexity index is 324. The third kappa shape index (κ3) is 2.46. The van der Waals surface area contributed by atoms with Crippen LogP contribution in [0.15, 0.2) is 6.20 Å². The molecule has 0 amide bonds. The summed E-state index contributed by atoms with van der Waals surface area (Å²) in [5.74, 6) is 0.773. The van der Waals surface area contributed by atoms with Gasteiger partial charge in [-0.05, 0) is 31.4 Å². The molecule has 2 rings (SSSR count). The molecule has 1 N–H and O–H groups in total. The monoisotopic (exact) mass is 221 g/mol. The lowest BCUT2D eigenvalue weighted by Gasteiger charge is -2.22. The highest BCUT2D eigenvalue weighted by atomic mass is 15.3. The van der Waals surface area contributed by atoms with Gasteiger partial charge in [-0.15, -0.1) is 0 Å². The quantitative estimate of drug-likeness (QED) is 0.845. The molecule has 0 atom stereocenters. The maximum Gasteiger partial charge on any atom is 0.0527 e. The van der Waals surface area contributed by atoms with Crippen molar-refractivity contribution in [3.63, 3.8) is 0 Å². The van der Waals surface area contributed by atoms with E-state index in [4.69, 9.17) is 0 Å². The molecule has 16 heavy (non-hydrogen) atoms. The number of nitrogens with zero attached hydrogens (tertiary/aromatic N) is 2. The first-order valence-corrected chi connectivity index (χ1v) is 6.48. The van der Waals surface area contributed by atoms with Crippen LogP contribution in [0.5, 0.6) is 0 Å². The minimum Gasteiger partial charge on any atom is -0.319 e. The zero-order chi connectivity index (χ0) is 11.4. The van der Waals surface area contributed by atoms with Gasteiger partial charge in [-0.2, -0.15) is 5.10 Å². The van der Waals surface area contributed by atoms with Crippen molar-refractivity contribution in [2.45, 2.75) is 44.4 Å². The highest BCUT2D eigenvalue weighted by Crippen LogP contribution is 2.34. The van der Waals surface area contributed by atoms with E-state index in [1.54, 1.807) is 0 Å². The first kappa shape index (κ1) is 11.6. The van der Waals surface area contributed by atoms with Gasteiger partial charge in [-0.25, -0.2) is 0 Å². The summed E-state index contributed by atoms with van der Waals surface area (Å²) < 4.78 is 2.06. The molecule has 0 aromatic carbocycles. The molecule has 3 heteroatoms. The Morgan fingerprint density at radius 2 is 2.12 bits per heavy atom. The summed E-state index contributed by atoms with van der Waals surface area (Å²) >= 11 is 0. The predicted molar refractivity (Wildman–Crippen MR) is 66.7 cm³/mol. The van der Waals surface area contributed by atoms with Crippen LogP contribution in [0, 0.1) is 0 Å². The molecule has 1 fully saturated rings. The fourth-order valence-corrected chi connectivity index (χ4v) is 2.78. The van der Waals surface area contributed by atoms with Gasteiger partial charge in [-0.3, -0.25) is 4.68 Å². The second-order valence-electron chi connectivity index (χ2n) is 4.86. The van der Waals surface area contributed by atoms with Crippen molar-refractivity contribution in [1.29, 1.82) is 0 Å². The molecular formula is C13H23N3. The van der Waals surface area contributed by atoms with Crippen LogP contribution < -0.4 is 5.32 Å². The lowest BCUT2D eigenvalue weighted by Crippen LogP contribution is -2.15. The van der Waals surface area contributed by atoms with E-state index in [0.717, 1.165) is 18.9 Å². The number of hydrogen-bond acceptors (Lipinski definition) is 2. The Morgan fingerprint density at radius 1 is 1.38 bits per heavy atom. The van der Waals surface area contributed by atoms with Gasteiger partial charge in [0, 0.05) is 25.7 Å². The Hall–Kier alpha value is -0.830. The van der Waals surface area contributed by atoms with Crippen molar-refractivity contribution in [2.75, 3.05) is 13.6 Å².